The molecule has 3 nitrogen and oxygen atoms in total. The lowest BCUT2D eigenvalue weighted by Crippen LogP contribution is -2.20. The molecule has 1 aliphatic carbocycles. The van der Waals surface area contributed by atoms with Crippen LogP contribution in [0.3, 0.4) is 0 Å². The van der Waals surface area contributed by atoms with Gasteiger partial charge in [-0.25, -0.2) is 0 Å². The van der Waals surface area contributed by atoms with E-state index in [1.165, 1.54) is 5.56 Å². The summed E-state index contributed by atoms with van der Waals surface area (Å²) in [7, 11) is 0. The van der Waals surface area contributed by atoms with Crippen molar-refractivity contribution in [3.05, 3.63) is 17.0 Å². The number of nitrogens with two attached hydrogens (primary N) is 1. The summed E-state index contributed by atoms with van der Waals surface area (Å²) in [5, 5.41) is 7.07. The normalized spacial score (nSPS) is 20.3. The molecule has 1 aromatic rings. The van der Waals surface area contributed by atoms with Gasteiger partial charge in [-0.2, -0.15) is 5.10 Å². The molecular weight excluding hydrogens is 138 g/mol. The second-order valence-corrected chi connectivity index (χ2v) is 3.47. The summed E-state index contributed by atoms with van der Waals surface area (Å²) in [6.07, 6.45) is 2.21. The Balaban J connectivity index is 2.50. The van der Waals surface area contributed by atoms with Gasteiger partial charge in [0, 0.05) is 16.8 Å². The van der Waals surface area contributed by atoms with E-state index in [1.807, 2.05) is 13.8 Å². The third-order valence-electron chi connectivity index (χ3n) is 2.41. The highest BCUT2D eigenvalue weighted by Crippen LogP contribution is 2.44. The second kappa shape index (κ2) is 1.85. The summed E-state index contributed by atoms with van der Waals surface area (Å²) in [6.45, 7) is 4.04. The van der Waals surface area contributed by atoms with Crippen molar-refractivity contribution in [1.82, 2.24) is 10.2 Å². The molecule has 11 heavy (non-hydrogen) atoms. The summed E-state index contributed by atoms with van der Waals surface area (Å²) in [6, 6.07) is 0. The number of hydrogen-bond donors (Lipinski definition) is 2. The summed E-state index contributed by atoms with van der Waals surface area (Å²) >= 11 is 0. The fourth-order valence-electron chi connectivity index (χ4n) is 1.67. The molecule has 0 aliphatic heterocycles. The number of aromatic amines is 1. The third kappa shape index (κ3) is 0.878. The Hall–Kier alpha value is -0.830. The number of aromatic nitrogens is 2. The van der Waals surface area contributed by atoms with Crippen molar-refractivity contribution in [2.45, 2.75) is 32.2 Å². The van der Waals surface area contributed by atoms with Crippen LogP contribution in [0.4, 0.5) is 0 Å². The predicted octanol–water partition coefficient (Wildman–Crippen LogP) is 0.974. The standard InChI is InChI=1S/C8H13N3/c1-5-7(6(2)11-10-5)8(9)3-4-8/h3-4,9H2,1-2H3,(H,10,11). The monoisotopic (exact) mass is 151 g/mol. The molecule has 1 heterocycles. The van der Waals surface area contributed by atoms with E-state index in [9.17, 15) is 0 Å². The molecule has 0 aromatic carbocycles. The molecule has 3 N–H and O–H groups in total. The van der Waals surface area contributed by atoms with E-state index >= 15 is 0 Å². The van der Waals surface area contributed by atoms with Crippen LogP contribution in [0.5, 0.6) is 0 Å². The van der Waals surface area contributed by atoms with E-state index < -0.39 is 0 Å². The first-order chi connectivity index (χ1) is 5.13. The predicted molar refractivity (Wildman–Crippen MR) is 43.2 cm³/mol. The maximum Gasteiger partial charge on any atom is 0.0644 e. The molecule has 1 aromatic heterocycles. The zero-order valence-corrected chi connectivity index (χ0v) is 6.94. The van der Waals surface area contributed by atoms with Gasteiger partial charge in [0.2, 0.25) is 0 Å². The average molecular weight is 151 g/mol. The van der Waals surface area contributed by atoms with Crippen LogP contribution in [0.2, 0.25) is 0 Å². The van der Waals surface area contributed by atoms with Crippen LogP contribution in [-0.2, 0) is 5.54 Å². The van der Waals surface area contributed by atoms with Crippen molar-refractivity contribution >= 4 is 0 Å². The molecule has 0 spiro atoms. The molecule has 1 fully saturated rings. The molecule has 0 amide bonds. The van der Waals surface area contributed by atoms with Gasteiger partial charge in [0.15, 0.2) is 0 Å². The van der Waals surface area contributed by atoms with E-state index in [0.717, 1.165) is 24.2 Å². The van der Waals surface area contributed by atoms with E-state index in [4.69, 9.17) is 5.73 Å². The SMILES string of the molecule is Cc1n[nH]c(C)c1C1(N)CC1. The molecule has 1 saturated carbocycles. The van der Waals surface area contributed by atoms with Gasteiger partial charge in [-0.3, -0.25) is 5.10 Å². The van der Waals surface area contributed by atoms with Crippen molar-refractivity contribution in [1.29, 1.82) is 0 Å². The van der Waals surface area contributed by atoms with Gasteiger partial charge in [-0.15, -0.1) is 0 Å². The van der Waals surface area contributed by atoms with Crippen LogP contribution in [0.1, 0.15) is 29.8 Å². The first-order valence-corrected chi connectivity index (χ1v) is 3.94. The lowest BCUT2D eigenvalue weighted by Gasteiger charge is -2.07. The molecule has 3 heteroatoms. The number of hydrogen-bond acceptors (Lipinski definition) is 2. The number of nitrogens with one attached hydrogen (secondary N) is 1. The van der Waals surface area contributed by atoms with Crippen molar-refractivity contribution in [3.8, 4) is 0 Å². The molecule has 0 atom stereocenters. The number of aryl methyl sites for hydroxylation is 2. The Morgan fingerprint density at radius 2 is 2.09 bits per heavy atom. The summed E-state index contributed by atoms with van der Waals surface area (Å²) in [5.74, 6) is 0. The van der Waals surface area contributed by atoms with Crippen molar-refractivity contribution in [2.75, 3.05) is 0 Å². The molecule has 0 saturated heterocycles. The molecular formula is C8H13N3. The van der Waals surface area contributed by atoms with Crippen LogP contribution in [0.25, 0.3) is 0 Å². The highest BCUT2D eigenvalue weighted by Gasteiger charge is 2.43. The van der Waals surface area contributed by atoms with Crippen LogP contribution < -0.4 is 5.73 Å². The van der Waals surface area contributed by atoms with Crippen molar-refractivity contribution < 1.29 is 0 Å². The van der Waals surface area contributed by atoms with Crippen LogP contribution in [0, 0.1) is 13.8 Å². The first kappa shape index (κ1) is 6.85. The third-order valence-corrected chi connectivity index (χ3v) is 2.41. The van der Waals surface area contributed by atoms with Gasteiger partial charge in [0.1, 0.15) is 0 Å². The second-order valence-electron chi connectivity index (χ2n) is 3.47. The summed E-state index contributed by atoms with van der Waals surface area (Å²) < 4.78 is 0. The minimum atomic E-state index is -0.0405. The maximum atomic E-state index is 6.05. The van der Waals surface area contributed by atoms with Gasteiger partial charge < -0.3 is 5.73 Å². The zero-order valence-electron chi connectivity index (χ0n) is 6.94. The fourth-order valence-corrected chi connectivity index (χ4v) is 1.67. The molecule has 0 bridgehead atoms. The largest absolute Gasteiger partial charge is 0.321 e. The van der Waals surface area contributed by atoms with Gasteiger partial charge >= 0.3 is 0 Å². The number of rotatable bonds is 1. The lowest BCUT2D eigenvalue weighted by molar-refractivity contribution is 0.727. The topological polar surface area (TPSA) is 54.7 Å². The summed E-state index contributed by atoms with van der Waals surface area (Å²) in [4.78, 5) is 0. The van der Waals surface area contributed by atoms with Gasteiger partial charge in [-0.1, -0.05) is 0 Å². The Labute approximate surface area is 66.0 Å². The Morgan fingerprint density at radius 3 is 2.45 bits per heavy atom. The van der Waals surface area contributed by atoms with Crippen LogP contribution in [0.15, 0.2) is 0 Å². The summed E-state index contributed by atoms with van der Waals surface area (Å²) in [5.41, 5.74) is 9.43. The Morgan fingerprint density at radius 1 is 1.45 bits per heavy atom. The maximum absolute atomic E-state index is 6.05. The lowest BCUT2D eigenvalue weighted by atomic mass is 10.0. The zero-order chi connectivity index (χ0) is 8.06. The minimum Gasteiger partial charge on any atom is -0.321 e. The van der Waals surface area contributed by atoms with Crippen LogP contribution >= 0.6 is 0 Å². The van der Waals surface area contributed by atoms with Crippen molar-refractivity contribution in [2.24, 2.45) is 5.73 Å². The Bertz CT molecular complexity index is 264. The average Bonchev–Trinajstić information content (AvgIpc) is 2.56. The van der Waals surface area contributed by atoms with Gasteiger partial charge in [0.05, 0.1) is 5.69 Å². The molecule has 2 rings (SSSR count). The van der Waals surface area contributed by atoms with E-state index in [0.29, 0.717) is 0 Å². The van der Waals surface area contributed by atoms with E-state index in [-0.39, 0.29) is 5.54 Å². The van der Waals surface area contributed by atoms with E-state index in [2.05, 4.69) is 10.2 Å². The van der Waals surface area contributed by atoms with Gasteiger partial charge in [-0.05, 0) is 26.7 Å². The Kier molecular flexibility index (Phi) is 1.16. The highest BCUT2D eigenvalue weighted by atomic mass is 15.1. The fraction of sp³-hybridized carbons (Fsp3) is 0.625. The van der Waals surface area contributed by atoms with Crippen LogP contribution in [-0.4, -0.2) is 10.2 Å². The quantitative estimate of drug-likeness (QED) is 0.628. The molecule has 1 aliphatic rings. The van der Waals surface area contributed by atoms with Gasteiger partial charge in [0.25, 0.3) is 0 Å². The number of nitrogens with zero attached hydrogens (tertiary/aromatic N) is 1. The molecule has 60 valence electrons. The number of H-pyrrole nitrogens is 1. The van der Waals surface area contributed by atoms with E-state index in [1.54, 1.807) is 0 Å². The molecule has 0 radical (unpaired) electrons. The highest BCUT2D eigenvalue weighted by molar-refractivity contribution is 5.35. The minimum absolute atomic E-state index is 0.0405. The van der Waals surface area contributed by atoms with Crippen molar-refractivity contribution in [3.63, 3.8) is 0 Å². The first-order valence-electron chi connectivity index (χ1n) is 3.94. The smallest absolute Gasteiger partial charge is 0.0644 e. The molecule has 0 unspecified atom stereocenters.